The van der Waals surface area contributed by atoms with Crippen molar-refractivity contribution in [3.05, 3.63) is 144 Å². The summed E-state index contributed by atoms with van der Waals surface area (Å²) >= 11 is 0. The Hall–Kier alpha value is -4.62. The maximum Gasteiger partial charge on any atom is 0.0544 e. The maximum absolute atomic E-state index is 3.76. The fraction of sp³-hybridized carbons (Fsp3) is 0.128. The van der Waals surface area contributed by atoms with Gasteiger partial charge in [0.05, 0.1) is 5.52 Å². The molecule has 1 unspecified atom stereocenters. The van der Waals surface area contributed by atoms with Crippen LogP contribution in [-0.2, 0) is 5.41 Å². The molecule has 1 aromatic heterocycles. The van der Waals surface area contributed by atoms with E-state index in [-0.39, 0.29) is 5.41 Å². The minimum atomic E-state index is -0.00758. The van der Waals surface area contributed by atoms with E-state index in [0.717, 1.165) is 6.42 Å². The molecule has 1 heteroatoms. The molecule has 1 heterocycles. The first-order valence-corrected chi connectivity index (χ1v) is 14.3. The zero-order chi connectivity index (χ0) is 26.8. The van der Waals surface area contributed by atoms with Crippen molar-refractivity contribution in [3.63, 3.8) is 0 Å². The van der Waals surface area contributed by atoms with E-state index in [1.807, 2.05) is 0 Å². The number of para-hydroxylation sites is 1. The molecule has 40 heavy (non-hydrogen) atoms. The topological polar surface area (TPSA) is 15.8 Å². The molecule has 1 N–H and O–H groups in total. The van der Waals surface area contributed by atoms with E-state index in [1.54, 1.807) is 0 Å². The fourth-order valence-corrected chi connectivity index (χ4v) is 6.99. The van der Waals surface area contributed by atoms with Crippen molar-refractivity contribution in [2.45, 2.75) is 31.6 Å². The number of fused-ring (bicyclic) bond motifs is 6. The van der Waals surface area contributed by atoms with Crippen LogP contribution >= 0.6 is 0 Å². The Balaban J connectivity index is 1.29. The summed E-state index contributed by atoms with van der Waals surface area (Å²) in [5.41, 5.74) is 14.4. The molecule has 0 amide bonds. The van der Waals surface area contributed by atoms with Crippen molar-refractivity contribution >= 4 is 21.8 Å². The van der Waals surface area contributed by atoms with Gasteiger partial charge in [-0.25, -0.2) is 0 Å². The number of nitrogens with one attached hydrogen (secondary N) is 1. The zero-order valence-corrected chi connectivity index (χ0v) is 22.9. The molecule has 0 radical (unpaired) electrons. The van der Waals surface area contributed by atoms with Crippen molar-refractivity contribution in [1.82, 2.24) is 4.98 Å². The van der Waals surface area contributed by atoms with Crippen LogP contribution in [0.25, 0.3) is 55.2 Å². The van der Waals surface area contributed by atoms with Crippen LogP contribution in [0.15, 0.2) is 127 Å². The van der Waals surface area contributed by atoms with Gasteiger partial charge in [-0.2, -0.15) is 0 Å². The summed E-state index contributed by atoms with van der Waals surface area (Å²) in [4.78, 5) is 3.76. The van der Waals surface area contributed by atoms with Gasteiger partial charge < -0.3 is 4.98 Å². The number of hydrogen-bond acceptors (Lipinski definition) is 0. The summed E-state index contributed by atoms with van der Waals surface area (Å²) in [7, 11) is 0. The van der Waals surface area contributed by atoms with Crippen LogP contribution < -0.4 is 0 Å². The van der Waals surface area contributed by atoms with Gasteiger partial charge in [-0.05, 0) is 81.3 Å². The highest BCUT2D eigenvalue weighted by atomic mass is 14.7. The van der Waals surface area contributed by atoms with E-state index in [0.29, 0.717) is 5.92 Å². The van der Waals surface area contributed by atoms with Gasteiger partial charge in [-0.3, -0.25) is 0 Å². The largest absolute Gasteiger partial charge is 0.354 e. The zero-order valence-electron chi connectivity index (χ0n) is 22.9. The average molecular weight is 514 g/mol. The van der Waals surface area contributed by atoms with Gasteiger partial charge in [0.25, 0.3) is 0 Å². The molecular formula is C39H31N. The van der Waals surface area contributed by atoms with Crippen molar-refractivity contribution in [2.75, 3.05) is 0 Å². The predicted octanol–water partition coefficient (Wildman–Crippen LogP) is 10.6. The molecule has 0 fully saturated rings. The first-order chi connectivity index (χ1) is 19.6. The maximum atomic E-state index is 3.76. The van der Waals surface area contributed by atoms with Gasteiger partial charge in [0, 0.05) is 33.2 Å². The molecule has 6 aromatic rings. The fourth-order valence-electron chi connectivity index (χ4n) is 6.99. The minimum absolute atomic E-state index is 0.00758. The Morgan fingerprint density at radius 3 is 2.33 bits per heavy atom. The number of allylic oxidation sites excluding steroid dienone is 4. The number of H-pyrrole nitrogens is 1. The van der Waals surface area contributed by atoms with Crippen molar-refractivity contribution in [3.8, 4) is 33.4 Å². The summed E-state index contributed by atoms with van der Waals surface area (Å²) in [6.45, 7) is 4.70. The van der Waals surface area contributed by atoms with Crippen molar-refractivity contribution in [2.24, 2.45) is 0 Å². The second kappa shape index (κ2) is 8.69. The third-order valence-electron chi connectivity index (χ3n) is 9.14. The molecule has 0 spiro atoms. The summed E-state index contributed by atoms with van der Waals surface area (Å²) in [6, 6.07) is 38.5. The second-order valence-corrected chi connectivity index (χ2v) is 11.8. The smallest absolute Gasteiger partial charge is 0.0544 e. The summed E-state index contributed by atoms with van der Waals surface area (Å²) < 4.78 is 0. The quantitative estimate of drug-likeness (QED) is 0.242. The number of aromatic amines is 1. The van der Waals surface area contributed by atoms with Gasteiger partial charge in [-0.1, -0.05) is 111 Å². The summed E-state index contributed by atoms with van der Waals surface area (Å²) in [6.07, 6.45) is 9.98. The Morgan fingerprint density at radius 2 is 1.43 bits per heavy atom. The lowest BCUT2D eigenvalue weighted by Crippen LogP contribution is -2.14. The number of hydrogen-bond donors (Lipinski definition) is 1. The van der Waals surface area contributed by atoms with Gasteiger partial charge in [0.2, 0.25) is 0 Å². The van der Waals surface area contributed by atoms with Crippen LogP contribution in [0.5, 0.6) is 0 Å². The second-order valence-electron chi connectivity index (χ2n) is 11.8. The highest BCUT2D eigenvalue weighted by Gasteiger charge is 2.35. The van der Waals surface area contributed by atoms with Gasteiger partial charge in [0.15, 0.2) is 0 Å². The lowest BCUT2D eigenvalue weighted by atomic mass is 9.81. The molecule has 0 bridgehead atoms. The lowest BCUT2D eigenvalue weighted by molar-refractivity contribution is 0.660. The third kappa shape index (κ3) is 3.47. The molecule has 2 aliphatic rings. The van der Waals surface area contributed by atoms with Crippen LogP contribution in [0.1, 0.15) is 42.9 Å². The Kier molecular flexibility index (Phi) is 5.06. The Labute approximate surface area is 235 Å². The van der Waals surface area contributed by atoms with E-state index in [2.05, 4.69) is 146 Å². The number of benzene rings is 5. The Bertz CT molecular complexity index is 2010. The lowest BCUT2D eigenvalue weighted by Gasteiger charge is -2.22. The SMILES string of the molecule is CC1(C)c2ccccc2-c2ccc(-c3cccc(-c4cc(C5C=CC=CC5)cc5c4[nH]c4ccccc45)c3)cc21. The van der Waals surface area contributed by atoms with Crippen molar-refractivity contribution in [1.29, 1.82) is 0 Å². The average Bonchev–Trinajstić information content (AvgIpc) is 3.49. The van der Waals surface area contributed by atoms with E-state index in [1.165, 1.54) is 71.9 Å². The van der Waals surface area contributed by atoms with Gasteiger partial charge >= 0.3 is 0 Å². The van der Waals surface area contributed by atoms with E-state index >= 15 is 0 Å². The molecule has 1 nitrogen and oxygen atoms in total. The van der Waals surface area contributed by atoms with Gasteiger partial charge in [0.1, 0.15) is 0 Å². The highest BCUT2D eigenvalue weighted by molar-refractivity contribution is 6.12. The number of rotatable bonds is 3. The number of aromatic nitrogens is 1. The molecule has 0 saturated heterocycles. The van der Waals surface area contributed by atoms with Crippen LogP contribution in [0.2, 0.25) is 0 Å². The van der Waals surface area contributed by atoms with Crippen LogP contribution in [0.4, 0.5) is 0 Å². The highest BCUT2D eigenvalue weighted by Crippen LogP contribution is 2.49. The molecule has 0 aliphatic heterocycles. The molecule has 2 aliphatic carbocycles. The standard InChI is InChI=1S/C39H31N/c1-39(2)35-17-8-6-15-30(35)31-20-19-27(24-36(31)39)26-13-10-14-28(21-26)33-22-29(25-11-4-3-5-12-25)23-34-32-16-7-9-18-37(32)40-38(33)34/h3-11,13-25,40H,12H2,1-2H3. The molecule has 1 atom stereocenters. The van der Waals surface area contributed by atoms with Crippen molar-refractivity contribution < 1.29 is 0 Å². The Morgan fingerprint density at radius 1 is 0.625 bits per heavy atom. The predicted molar refractivity (Wildman–Crippen MR) is 170 cm³/mol. The van der Waals surface area contributed by atoms with E-state index in [9.17, 15) is 0 Å². The normalized spacial score (nSPS) is 16.9. The third-order valence-corrected chi connectivity index (χ3v) is 9.14. The molecule has 0 saturated carbocycles. The van der Waals surface area contributed by atoms with Crippen LogP contribution in [0.3, 0.4) is 0 Å². The molecule has 8 rings (SSSR count). The monoisotopic (exact) mass is 513 g/mol. The first-order valence-electron chi connectivity index (χ1n) is 14.3. The van der Waals surface area contributed by atoms with Crippen LogP contribution in [-0.4, -0.2) is 4.98 Å². The summed E-state index contributed by atoms with van der Waals surface area (Å²) in [5.74, 6) is 0.394. The summed E-state index contributed by atoms with van der Waals surface area (Å²) in [5, 5.41) is 2.58. The molecular weight excluding hydrogens is 482 g/mol. The minimum Gasteiger partial charge on any atom is -0.354 e. The molecule has 5 aromatic carbocycles. The van der Waals surface area contributed by atoms with E-state index < -0.39 is 0 Å². The first kappa shape index (κ1) is 23.3. The van der Waals surface area contributed by atoms with Crippen LogP contribution in [0, 0.1) is 0 Å². The molecule has 192 valence electrons. The van der Waals surface area contributed by atoms with Gasteiger partial charge in [-0.15, -0.1) is 0 Å². The van der Waals surface area contributed by atoms with E-state index in [4.69, 9.17) is 0 Å².